The molecule has 0 spiro atoms. The van der Waals surface area contributed by atoms with Gasteiger partial charge in [-0.1, -0.05) is 84.7 Å². The van der Waals surface area contributed by atoms with E-state index in [0.717, 1.165) is 25.0 Å². The van der Waals surface area contributed by atoms with Crippen molar-refractivity contribution in [2.24, 2.45) is 0 Å². The fourth-order valence-electron chi connectivity index (χ4n) is 3.79. The Morgan fingerprint density at radius 3 is 2.53 bits per heavy atom. The number of aryl methyl sites for hydroxylation is 2. The number of nitrogens with zero attached hydrogens (tertiary/aromatic N) is 3. The number of nitrogens with one attached hydrogen (secondary N) is 1. The number of amides is 1. The van der Waals surface area contributed by atoms with E-state index < -0.39 is 0 Å². The number of carbonyl (C=O) groups excluding carboxylic acids is 1. The van der Waals surface area contributed by atoms with E-state index in [1.54, 1.807) is 23.9 Å². The van der Waals surface area contributed by atoms with Crippen molar-refractivity contribution in [3.05, 3.63) is 105 Å². The molecule has 186 valence electrons. The number of carbonyl (C=O) groups is 1. The van der Waals surface area contributed by atoms with Gasteiger partial charge < -0.3 is 5.32 Å². The van der Waals surface area contributed by atoms with Crippen LogP contribution in [-0.2, 0) is 18.7 Å². The Balaban J connectivity index is 1.55. The average molecular weight is 540 g/mol. The molecule has 0 saturated heterocycles. The van der Waals surface area contributed by atoms with E-state index in [0.29, 0.717) is 32.3 Å². The lowest BCUT2D eigenvalue weighted by Gasteiger charge is -2.13. The van der Waals surface area contributed by atoms with Gasteiger partial charge in [-0.25, -0.2) is 0 Å². The Morgan fingerprint density at radius 1 is 1.03 bits per heavy atom. The molecule has 0 bridgehead atoms. The molecule has 36 heavy (non-hydrogen) atoms. The largest absolute Gasteiger partial charge is 0.345 e. The number of hydrogen-bond acceptors (Lipinski definition) is 4. The molecule has 1 amide bonds. The van der Waals surface area contributed by atoms with E-state index >= 15 is 0 Å². The van der Waals surface area contributed by atoms with E-state index in [1.807, 2.05) is 47.0 Å². The van der Waals surface area contributed by atoms with Gasteiger partial charge in [0.15, 0.2) is 11.0 Å². The summed E-state index contributed by atoms with van der Waals surface area (Å²) in [4.78, 5) is 12.8. The summed E-state index contributed by atoms with van der Waals surface area (Å²) in [5.41, 5.74) is 4.99. The van der Waals surface area contributed by atoms with Crippen LogP contribution in [0.1, 0.15) is 52.6 Å². The number of halogens is 2. The first-order valence-electron chi connectivity index (χ1n) is 11.9. The fourth-order valence-corrected chi connectivity index (χ4v) is 5.33. The molecule has 0 unspecified atom stereocenters. The zero-order valence-corrected chi connectivity index (χ0v) is 22.6. The van der Waals surface area contributed by atoms with Crippen LogP contribution in [-0.4, -0.2) is 20.7 Å². The average Bonchev–Trinajstić information content (AvgIpc) is 3.28. The van der Waals surface area contributed by atoms with E-state index in [-0.39, 0.29) is 12.5 Å². The molecular formula is C28H28Cl2N4OS. The Hall–Kier alpha value is -2.80. The van der Waals surface area contributed by atoms with Crippen LogP contribution >= 0.6 is 35.0 Å². The molecule has 1 aromatic heterocycles. The molecule has 0 fully saturated rings. The summed E-state index contributed by atoms with van der Waals surface area (Å²) in [6, 6.07) is 21.3. The van der Waals surface area contributed by atoms with E-state index in [9.17, 15) is 4.79 Å². The summed E-state index contributed by atoms with van der Waals surface area (Å²) in [7, 11) is 0. The number of benzene rings is 3. The van der Waals surface area contributed by atoms with E-state index in [4.69, 9.17) is 23.2 Å². The van der Waals surface area contributed by atoms with Crippen molar-refractivity contribution in [1.82, 2.24) is 20.1 Å². The SMILES string of the molecule is CCCCc1ccc(C(=O)NCc2nnc(SCc3ccccc3C)n2-c2ccc(Cl)cc2Cl)cc1. The minimum atomic E-state index is -0.164. The molecule has 0 radical (unpaired) electrons. The van der Waals surface area contributed by atoms with Crippen molar-refractivity contribution in [1.29, 1.82) is 0 Å². The third-order valence-electron chi connectivity index (χ3n) is 5.91. The predicted octanol–water partition coefficient (Wildman–Crippen LogP) is 7.45. The number of thioether (sulfide) groups is 1. The molecule has 5 nitrogen and oxygen atoms in total. The van der Waals surface area contributed by atoms with Crippen LogP contribution in [0.3, 0.4) is 0 Å². The topological polar surface area (TPSA) is 59.8 Å². The minimum Gasteiger partial charge on any atom is -0.345 e. The summed E-state index contributed by atoms with van der Waals surface area (Å²) in [6.45, 7) is 4.46. The highest BCUT2D eigenvalue weighted by Crippen LogP contribution is 2.31. The van der Waals surface area contributed by atoms with Crippen LogP contribution in [0.15, 0.2) is 71.9 Å². The maximum absolute atomic E-state index is 12.8. The van der Waals surface area contributed by atoms with Gasteiger partial charge in [-0.3, -0.25) is 9.36 Å². The fraction of sp³-hybridized carbons (Fsp3) is 0.250. The van der Waals surface area contributed by atoms with Gasteiger partial charge in [0.1, 0.15) is 0 Å². The number of aromatic nitrogens is 3. The molecule has 8 heteroatoms. The van der Waals surface area contributed by atoms with Crippen molar-refractivity contribution in [2.75, 3.05) is 0 Å². The lowest BCUT2D eigenvalue weighted by atomic mass is 10.1. The highest BCUT2D eigenvalue weighted by molar-refractivity contribution is 7.98. The first-order chi connectivity index (χ1) is 17.5. The molecule has 4 aromatic rings. The Morgan fingerprint density at radius 2 is 1.81 bits per heavy atom. The maximum atomic E-state index is 12.8. The second kappa shape index (κ2) is 12.4. The molecular weight excluding hydrogens is 511 g/mol. The third kappa shape index (κ3) is 6.49. The van der Waals surface area contributed by atoms with Crippen LogP contribution in [0.4, 0.5) is 0 Å². The maximum Gasteiger partial charge on any atom is 0.251 e. The number of unbranched alkanes of at least 4 members (excludes halogenated alkanes) is 1. The van der Waals surface area contributed by atoms with Crippen molar-refractivity contribution >= 4 is 40.9 Å². The normalized spacial score (nSPS) is 11.0. The third-order valence-corrected chi connectivity index (χ3v) is 7.43. The van der Waals surface area contributed by atoms with Crippen molar-refractivity contribution < 1.29 is 4.79 Å². The first kappa shape index (κ1) is 26.3. The molecule has 0 atom stereocenters. The van der Waals surface area contributed by atoms with Crippen LogP contribution in [0, 0.1) is 6.92 Å². The summed E-state index contributed by atoms with van der Waals surface area (Å²) in [5.74, 6) is 1.15. The minimum absolute atomic E-state index is 0.164. The van der Waals surface area contributed by atoms with Gasteiger partial charge in [-0.05, 0) is 66.8 Å². The molecule has 0 saturated carbocycles. The summed E-state index contributed by atoms with van der Waals surface area (Å²) >= 11 is 14.3. The smallest absolute Gasteiger partial charge is 0.251 e. The van der Waals surface area contributed by atoms with E-state index in [2.05, 4.69) is 41.5 Å². The molecule has 4 rings (SSSR count). The van der Waals surface area contributed by atoms with Gasteiger partial charge in [0, 0.05) is 16.3 Å². The van der Waals surface area contributed by atoms with Gasteiger partial charge >= 0.3 is 0 Å². The van der Waals surface area contributed by atoms with Crippen molar-refractivity contribution in [3.63, 3.8) is 0 Å². The lowest BCUT2D eigenvalue weighted by molar-refractivity contribution is 0.0949. The van der Waals surface area contributed by atoms with Crippen LogP contribution in [0.5, 0.6) is 0 Å². The molecule has 0 aliphatic carbocycles. The molecule has 0 aliphatic rings. The molecule has 1 heterocycles. The van der Waals surface area contributed by atoms with E-state index in [1.165, 1.54) is 16.7 Å². The lowest BCUT2D eigenvalue weighted by Crippen LogP contribution is -2.24. The van der Waals surface area contributed by atoms with Gasteiger partial charge in [0.25, 0.3) is 5.91 Å². The quantitative estimate of drug-likeness (QED) is 0.213. The zero-order chi connectivity index (χ0) is 25.5. The number of hydrogen-bond donors (Lipinski definition) is 1. The summed E-state index contributed by atoms with van der Waals surface area (Å²) in [6.07, 6.45) is 3.30. The Labute approximate surface area is 226 Å². The van der Waals surface area contributed by atoms with Gasteiger partial charge in [-0.15, -0.1) is 10.2 Å². The second-order valence-electron chi connectivity index (χ2n) is 8.53. The highest BCUT2D eigenvalue weighted by Gasteiger charge is 2.18. The van der Waals surface area contributed by atoms with Crippen LogP contribution in [0.25, 0.3) is 5.69 Å². The van der Waals surface area contributed by atoms with Crippen molar-refractivity contribution in [2.45, 2.75) is 50.6 Å². The molecule has 1 N–H and O–H groups in total. The first-order valence-corrected chi connectivity index (χ1v) is 13.6. The second-order valence-corrected chi connectivity index (χ2v) is 10.3. The monoisotopic (exact) mass is 538 g/mol. The highest BCUT2D eigenvalue weighted by atomic mass is 35.5. The van der Waals surface area contributed by atoms with Crippen molar-refractivity contribution in [3.8, 4) is 5.69 Å². The molecule has 3 aromatic carbocycles. The summed E-state index contributed by atoms with van der Waals surface area (Å²) < 4.78 is 1.88. The predicted molar refractivity (Wildman–Crippen MR) is 148 cm³/mol. The van der Waals surface area contributed by atoms with Crippen LogP contribution in [0.2, 0.25) is 10.0 Å². The number of rotatable bonds is 10. The van der Waals surface area contributed by atoms with Crippen LogP contribution < -0.4 is 5.32 Å². The standard InChI is InChI=1S/C28H28Cl2N4OS/c1-3-4-8-20-10-12-21(13-11-20)27(35)31-17-26-32-33-28(36-18-22-9-6-5-7-19(22)2)34(26)25-15-14-23(29)16-24(25)30/h5-7,9-16H,3-4,8,17-18H2,1-2H3,(H,31,35). The van der Waals surface area contributed by atoms with Gasteiger partial charge in [-0.2, -0.15) is 0 Å². The van der Waals surface area contributed by atoms with Gasteiger partial charge in [0.2, 0.25) is 0 Å². The van der Waals surface area contributed by atoms with Gasteiger partial charge in [0.05, 0.1) is 17.3 Å². The summed E-state index contributed by atoms with van der Waals surface area (Å²) in [5, 5.41) is 13.5. The Bertz CT molecular complexity index is 1340. The Kier molecular flexibility index (Phi) is 9.08. The zero-order valence-electron chi connectivity index (χ0n) is 20.3. The molecule has 0 aliphatic heterocycles.